The Labute approximate surface area is 133 Å². The number of carbonyl (C=O) groups excluding carboxylic acids is 1. The van der Waals surface area contributed by atoms with Gasteiger partial charge in [0.15, 0.2) is 0 Å². The zero-order valence-electron chi connectivity index (χ0n) is 12.1. The molecule has 1 amide bonds. The summed E-state index contributed by atoms with van der Waals surface area (Å²) in [6.07, 6.45) is 2.69. The summed E-state index contributed by atoms with van der Waals surface area (Å²) in [7, 11) is 0. The Morgan fingerprint density at radius 3 is 2.71 bits per heavy atom. The maximum Gasteiger partial charge on any atom is 0.241 e. The summed E-state index contributed by atoms with van der Waals surface area (Å²) in [6, 6.07) is 7.21. The predicted molar refractivity (Wildman–Crippen MR) is 91.9 cm³/mol. The highest BCUT2D eigenvalue weighted by molar-refractivity contribution is 7.98. The summed E-state index contributed by atoms with van der Waals surface area (Å²) in [4.78, 5) is 16.4. The number of thiazole rings is 1. The molecule has 0 saturated carbocycles. The highest BCUT2D eigenvalue weighted by Crippen LogP contribution is 2.23. The van der Waals surface area contributed by atoms with Crippen LogP contribution in [0, 0.1) is 6.92 Å². The zero-order valence-corrected chi connectivity index (χ0v) is 13.8. The number of hydrogen-bond acceptors (Lipinski definition) is 5. The van der Waals surface area contributed by atoms with Crippen molar-refractivity contribution < 1.29 is 4.79 Å². The van der Waals surface area contributed by atoms with Gasteiger partial charge in [-0.15, -0.1) is 11.3 Å². The van der Waals surface area contributed by atoms with Crippen LogP contribution in [0.15, 0.2) is 29.6 Å². The molecule has 0 saturated heterocycles. The lowest BCUT2D eigenvalue weighted by atomic mass is 10.1. The van der Waals surface area contributed by atoms with Crippen molar-refractivity contribution in [3.05, 3.63) is 34.7 Å². The number of hydrogen-bond donors (Lipinski definition) is 2. The molecule has 1 aromatic carbocycles. The van der Waals surface area contributed by atoms with E-state index in [1.54, 1.807) is 23.1 Å². The van der Waals surface area contributed by atoms with Gasteiger partial charge in [0.2, 0.25) is 5.91 Å². The summed E-state index contributed by atoms with van der Waals surface area (Å²) in [5.41, 5.74) is 8.61. The minimum absolute atomic E-state index is 0.138. The van der Waals surface area contributed by atoms with Crippen LogP contribution in [0.2, 0.25) is 0 Å². The molecule has 3 N–H and O–H groups in total. The van der Waals surface area contributed by atoms with Crippen molar-refractivity contribution in [3.63, 3.8) is 0 Å². The van der Waals surface area contributed by atoms with Gasteiger partial charge in [-0.1, -0.05) is 12.1 Å². The van der Waals surface area contributed by atoms with Crippen LogP contribution in [-0.4, -0.2) is 28.9 Å². The van der Waals surface area contributed by atoms with Crippen LogP contribution >= 0.6 is 23.1 Å². The van der Waals surface area contributed by atoms with Gasteiger partial charge >= 0.3 is 0 Å². The number of aromatic nitrogens is 1. The molecule has 0 fully saturated rings. The molecule has 1 aromatic heterocycles. The van der Waals surface area contributed by atoms with E-state index in [0.29, 0.717) is 6.42 Å². The number of anilines is 1. The number of carbonyl (C=O) groups is 1. The van der Waals surface area contributed by atoms with E-state index in [-0.39, 0.29) is 5.91 Å². The SMILES string of the molecule is CSCC[C@@H](N)C(=O)Nc1ccc(-c2csc(C)n2)cc1. The van der Waals surface area contributed by atoms with Crippen LogP contribution in [0.5, 0.6) is 0 Å². The van der Waals surface area contributed by atoms with Crippen LogP contribution in [0.25, 0.3) is 11.3 Å². The van der Waals surface area contributed by atoms with E-state index in [2.05, 4.69) is 10.3 Å². The normalized spacial score (nSPS) is 12.1. The first kappa shape index (κ1) is 16.0. The summed E-state index contributed by atoms with van der Waals surface area (Å²) >= 11 is 3.32. The first-order chi connectivity index (χ1) is 10.1. The van der Waals surface area contributed by atoms with Crippen LogP contribution in [0.1, 0.15) is 11.4 Å². The molecule has 0 aliphatic carbocycles. The lowest BCUT2D eigenvalue weighted by molar-refractivity contribution is -0.117. The number of nitrogens with one attached hydrogen (secondary N) is 1. The van der Waals surface area contributed by atoms with Crippen LogP contribution in [0.4, 0.5) is 5.69 Å². The third kappa shape index (κ3) is 4.56. The van der Waals surface area contributed by atoms with Gasteiger partial charge in [-0.05, 0) is 37.5 Å². The molecular formula is C15H19N3OS2. The van der Waals surface area contributed by atoms with Crippen molar-refractivity contribution in [1.82, 2.24) is 4.98 Å². The van der Waals surface area contributed by atoms with Gasteiger partial charge in [-0.25, -0.2) is 4.98 Å². The van der Waals surface area contributed by atoms with Gasteiger partial charge < -0.3 is 11.1 Å². The number of nitrogens with zero attached hydrogens (tertiary/aromatic N) is 1. The number of aryl methyl sites for hydroxylation is 1. The molecule has 112 valence electrons. The average molecular weight is 321 g/mol. The van der Waals surface area contributed by atoms with Crippen LogP contribution < -0.4 is 11.1 Å². The third-order valence-corrected chi connectivity index (χ3v) is 4.45. The second-order valence-corrected chi connectivity index (χ2v) is 6.75. The largest absolute Gasteiger partial charge is 0.325 e. The molecule has 2 rings (SSSR count). The van der Waals surface area contributed by atoms with Crippen LogP contribution in [0.3, 0.4) is 0 Å². The lowest BCUT2D eigenvalue weighted by Gasteiger charge is -2.11. The van der Waals surface area contributed by atoms with E-state index in [1.807, 2.05) is 42.8 Å². The Kier molecular flexibility index (Phi) is 5.78. The van der Waals surface area contributed by atoms with Gasteiger partial charge in [-0.3, -0.25) is 4.79 Å². The first-order valence-corrected chi connectivity index (χ1v) is 8.95. The molecule has 0 bridgehead atoms. The molecule has 0 aliphatic rings. The van der Waals surface area contributed by atoms with E-state index in [4.69, 9.17) is 5.73 Å². The maximum atomic E-state index is 11.9. The van der Waals surface area contributed by atoms with Gasteiger partial charge in [0, 0.05) is 16.6 Å². The van der Waals surface area contributed by atoms with E-state index in [9.17, 15) is 4.79 Å². The Morgan fingerprint density at radius 1 is 1.43 bits per heavy atom. The summed E-state index contributed by atoms with van der Waals surface area (Å²) in [5.74, 6) is 0.748. The van der Waals surface area contributed by atoms with Gasteiger partial charge in [-0.2, -0.15) is 11.8 Å². The number of nitrogens with two attached hydrogens (primary N) is 1. The molecule has 6 heteroatoms. The number of rotatable bonds is 6. The standard InChI is InChI=1S/C15H19N3OS2/c1-10-17-14(9-21-10)11-3-5-12(6-4-11)18-15(19)13(16)7-8-20-2/h3-6,9,13H,7-8,16H2,1-2H3,(H,18,19)/t13-/m1/s1. The Hall–Kier alpha value is -1.37. The molecule has 1 atom stereocenters. The van der Waals surface area contributed by atoms with Crippen molar-refractivity contribution in [2.45, 2.75) is 19.4 Å². The molecular weight excluding hydrogens is 302 g/mol. The number of amides is 1. The van der Waals surface area contributed by atoms with Crippen molar-refractivity contribution in [2.24, 2.45) is 5.73 Å². The second-order valence-electron chi connectivity index (χ2n) is 4.71. The van der Waals surface area contributed by atoms with Gasteiger partial charge in [0.25, 0.3) is 0 Å². The predicted octanol–water partition coefficient (Wildman–Crippen LogP) is 3.14. The molecule has 2 aromatic rings. The van der Waals surface area contributed by atoms with Crippen LogP contribution in [-0.2, 0) is 4.79 Å². The Bertz CT molecular complexity index is 595. The summed E-state index contributed by atoms with van der Waals surface area (Å²) < 4.78 is 0. The molecule has 0 aliphatic heterocycles. The quantitative estimate of drug-likeness (QED) is 0.857. The molecule has 0 spiro atoms. The molecule has 0 radical (unpaired) electrons. The van der Waals surface area contributed by atoms with Crippen molar-refractivity contribution in [1.29, 1.82) is 0 Å². The third-order valence-electron chi connectivity index (χ3n) is 3.04. The van der Waals surface area contributed by atoms with E-state index in [0.717, 1.165) is 27.7 Å². The molecule has 1 heterocycles. The summed E-state index contributed by atoms with van der Waals surface area (Å²) in [6.45, 7) is 1.98. The van der Waals surface area contributed by atoms with E-state index < -0.39 is 6.04 Å². The molecule has 21 heavy (non-hydrogen) atoms. The Morgan fingerprint density at radius 2 is 2.14 bits per heavy atom. The number of thioether (sulfide) groups is 1. The zero-order chi connectivity index (χ0) is 15.2. The fourth-order valence-electron chi connectivity index (χ4n) is 1.83. The van der Waals surface area contributed by atoms with Crippen molar-refractivity contribution >= 4 is 34.7 Å². The lowest BCUT2D eigenvalue weighted by Crippen LogP contribution is -2.36. The second kappa shape index (κ2) is 7.59. The highest BCUT2D eigenvalue weighted by atomic mass is 32.2. The Balaban J connectivity index is 1.97. The minimum atomic E-state index is -0.460. The molecule has 0 unspecified atom stereocenters. The smallest absolute Gasteiger partial charge is 0.241 e. The fraction of sp³-hybridized carbons (Fsp3) is 0.333. The highest BCUT2D eigenvalue weighted by Gasteiger charge is 2.13. The summed E-state index contributed by atoms with van der Waals surface area (Å²) in [5, 5.41) is 5.92. The molecule has 4 nitrogen and oxygen atoms in total. The van der Waals surface area contributed by atoms with E-state index in [1.165, 1.54) is 0 Å². The van der Waals surface area contributed by atoms with Crippen molar-refractivity contribution in [3.8, 4) is 11.3 Å². The maximum absolute atomic E-state index is 11.9. The number of benzene rings is 1. The topological polar surface area (TPSA) is 68.0 Å². The average Bonchev–Trinajstić information content (AvgIpc) is 2.92. The van der Waals surface area contributed by atoms with Gasteiger partial charge in [0.05, 0.1) is 16.7 Å². The minimum Gasteiger partial charge on any atom is -0.325 e. The van der Waals surface area contributed by atoms with E-state index >= 15 is 0 Å². The first-order valence-electron chi connectivity index (χ1n) is 6.68. The van der Waals surface area contributed by atoms with Crippen molar-refractivity contribution in [2.75, 3.05) is 17.3 Å². The monoisotopic (exact) mass is 321 g/mol. The fourth-order valence-corrected chi connectivity index (χ4v) is 2.94. The van der Waals surface area contributed by atoms with Gasteiger partial charge in [0.1, 0.15) is 0 Å².